The lowest BCUT2D eigenvalue weighted by Gasteiger charge is -2.38. The van der Waals surface area contributed by atoms with Gasteiger partial charge in [0, 0.05) is 17.2 Å². The van der Waals surface area contributed by atoms with E-state index in [2.05, 4.69) is 31.4 Å². The molecule has 0 bridgehead atoms. The lowest BCUT2D eigenvalue weighted by atomic mass is 9.68. The van der Waals surface area contributed by atoms with Crippen LogP contribution >= 0.6 is 0 Å². The second-order valence-corrected chi connectivity index (χ2v) is 7.75. The van der Waals surface area contributed by atoms with Gasteiger partial charge in [-0.25, -0.2) is 0 Å². The average molecular weight is 346 g/mol. The minimum Gasteiger partial charge on any atom is -0.480 e. The molecule has 0 aliphatic heterocycles. The largest absolute Gasteiger partial charge is 0.480 e. The maximum absolute atomic E-state index is 12.5. The van der Waals surface area contributed by atoms with E-state index in [0.717, 1.165) is 19.3 Å². The summed E-state index contributed by atoms with van der Waals surface area (Å²) in [5.41, 5.74) is 1.16. The van der Waals surface area contributed by atoms with Crippen LogP contribution in [-0.4, -0.2) is 29.4 Å². The van der Waals surface area contributed by atoms with Gasteiger partial charge in [-0.2, -0.15) is 0 Å². The number of carbonyl (C=O) groups is 3. The number of aliphatic carboxylic acids is 1. The third kappa shape index (κ3) is 5.59. The molecule has 3 N–H and O–H groups in total. The molecule has 136 valence electrons. The van der Waals surface area contributed by atoms with Crippen molar-refractivity contribution in [1.82, 2.24) is 5.32 Å². The summed E-state index contributed by atoms with van der Waals surface area (Å²) >= 11 is 0. The third-order valence-electron chi connectivity index (χ3n) is 4.57. The Labute approximate surface area is 148 Å². The first kappa shape index (κ1) is 19.0. The molecular weight excluding hydrogens is 320 g/mol. The van der Waals surface area contributed by atoms with E-state index in [1.54, 1.807) is 24.3 Å². The van der Waals surface area contributed by atoms with E-state index < -0.39 is 18.4 Å². The van der Waals surface area contributed by atoms with Gasteiger partial charge in [-0.1, -0.05) is 20.8 Å². The molecule has 2 amide bonds. The standard InChI is InChI=1S/C19H26N2O4/c1-12-8-14(10-19(2,3)9-12)18(25)21-15-6-4-13(5-7-15)17(24)20-11-16(22)23/h4-7,12,14H,8-11H2,1-3H3,(H,20,24)(H,21,25)(H,22,23). The van der Waals surface area contributed by atoms with E-state index in [9.17, 15) is 14.4 Å². The van der Waals surface area contributed by atoms with Crippen molar-refractivity contribution < 1.29 is 19.5 Å². The van der Waals surface area contributed by atoms with Gasteiger partial charge in [-0.3, -0.25) is 14.4 Å². The molecule has 1 fully saturated rings. The maximum Gasteiger partial charge on any atom is 0.322 e. The van der Waals surface area contributed by atoms with Crippen molar-refractivity contribution in [3.05, 3.63) is 29.8 Å². The Bertz CT molecular complexity index is 652. The normalized spacial score (nSPS) is 22.0. The number of rotatable bonds is 5. The highest BCUT2D eigenvalue weighted by molar-refractivity contribution is 5.97. The van der Waals surface area contributed by atoms with Gasteiger partial charge in [0.05, 0.1) is 0 Å². The fourth-order valence-electron chi connectivity index (χ4n) is 3.75. The van der Waals surface area contributed by atoms with Crippen LogP contribution in [0, 0.1) is 17.3 Å². The van der Waals surface area contributed by atoms with Crippen molar-refractivity contribution in [2.45, 2.75) is 40.0 Å². The van der Waals surface area contributed by atoms with E-state index in [1.807, 2.05) is 0 Å². The Hall–Kier alpha value is -2.37. The minimum atomic E-state index is -1.10. The van der Waals surface area contributed by atoms with Gasteiger partial charge in [-0.05, 0) is 54.9 Å². The molecule has 6 heteroatoms. The van der Waals surface area contributed by atoms with Gasteiger partial charge >= 0.3 is 5.97 Å². The summed E-state index contributed by atoms with van der Waals surface area (Å²) in [4.78, 5) is 34.8. The Morgan fingerprint density at radius 3 is 2.36 bits per heavy atom. The number of nitrogens with one attached hydrogen (secondary N) is 2. The summed E-state index contributed by atoms with van der Waals surface area (Å²) in [5.74, 6) is -1.01. The van der Waals surface area contributed by atoms with Crippen LogP contribution in [0.25, 0.3) is 0 Å². The molecule has 0 aromatic heterocycles. The minimum absolute atomic E-state index is 0.00251. The molecule has 2 atom stereocenters. The molecule has 0 spiro atoms. The molecule has 0 radical (unpaired) electrons. The molecule has 0 heterocycles. The third-order valence-corrected chi connectivity index (χ3v) is 4.57. The molecule has 0 saturated heterocycles. The number of anilines is 1. The van der Waals surface area contributed by atoms with Crippen molar-refractivity contribution in [2.75, 3.05) is 11.9 Å². The molecule has 1 aromatic carbocycles. The highest BCUT2D eigenvalue weighted by Gasteiger charge is 2.35. The number of carboxylic acids is 1. The summed E-state index contributed by atoms with van der Waals surface area (Å²) in [5, 5.41) is 13.8. The SMILES string of the molecule is CC1CC(C(=O)Nc2ccc(C(=O)NCC(=O)O)cc2)CC(C)(C)C1. The van der Waals surface area contributed by atoms with E-state index in [1.165, 1.54) is 0 Å². The molecule has 25 heavy (non-hydrogen) atoms. The van der Waals surface area contributed by atoms with E-state index in [0.29, 0.717) is 17.2 Å². The van der Waals surface area contributed by atoms with E-state index >= 15 is 0 Å². The van der Waals surface area contributed by atoms with Gasteiger partial charge < -0.3 is 15.7 Å². The number of hydrogen-bond donors (Lipinski definition) is 3. The van der Waals surface area contributed by atoms with Crippen molar-refractivity contribution in [3.8, 4) is 0 Å². The van der Waals surface area contributed by atoms with Gasteiger partial charge in [0.25, 0.3) is 5.91 Å². The Balaban J connectivity index is 1.95. The van der Waals surface area contributed by atoms with Crippen LogP contribution in [0.5, 0.6) is 0 Å². The topological polar surface area (TPSA) is 95.5 Å². The lowest BCUT2D eigenvalue weighted by Crippen LogP contribution is -2.34. The van der Waals surface area contributed by atoms with Crippen LogP contribution in [0.15, 0.2) is 24.3 Å². The van der Waals surface area contributed by atoms with Gasteiger partial charge in [-0.15, -0.1) is 0 Å². The van der Waals surface area contributed by atoms with Gasteiger partial charge in [0.2, 0.25) is 5.91 Å². The Morgan fingerprint density at radius 1 is 1.16 bits per heavy atom. The lowest BCUT2D eigenvalue weighted by molar-refractivity contribution is -0.135. The number of amides is 2. The zero-order valence-corrected chi connectivity index (χ0v) is 15.0. The molecule has 1 aliphatic carbocycles. The zero-order chi connectivity index (χ0) is 18.6. The highest BCUT2D eigenvalue weighted by atomic mass is 16.4. The fourth-order valence-corrected chi connectivity index (χ4v) is 3.75. The van der Waals surface area contributed by atoms with Crippen LogP contribution in [0.2, 0.25) is 0 Å². The molecular formula is C19H26N2O4. The maximum atomic E-state index is 12.5. The van der Waals surface area contributed by atoms with Crippen LogP contribution in [-0.2, 0) is 9.59 Å². The first-order valence-electron chi connectivity index (χ1n) is 8.57. The molecule has 1 aliphatic rings. The van der Waals surface area contributed by atoms with E-state index in [-0.39, 0.29) is 17.2 Å². The van der Waals surface area contributed by atoms with Gasteiger partial charge in [0.15, 0.2) is 0 Å². The van der Waals surface area contributed by atoms with E-state index in [4.69, 9.17) is 5.11 Å². The first-order valence-corrected chi connectivity index (χ1v) is 8.57. The predicted molar refractivity (Wildman–Crippen MR) is 95.3 cm³/mol. The summed E-state index contributed by atoms with van der Waals surface area (Å²) < 4.78 is 0. The first-order chi connectivity index (χ1) is 11.7. The van der Waals surface area contributed by atoms with Crippen molar-refractivity contribution in [2.24, 2.45) is 17.3 Å². The molecule has 6 nitrogen and oxygen atoms in total. The second kappa shape index (κ2) is 7.68. The summed E-state index contributed by atoms with van der Waals surface area (Å²) in [6.45, 7) is 6.17. The van der Waals surface area contributed by atoms with Crippen LogP contribution < -0.4 is 10.6 Å². The smallest absolute Gasteiger partial charge is 0.322 e. The van der Waals surface area contributed by atoms with Crippen LogP contribution in [0.1, 0.15) is 50.4 Å². The number of hydrogen-bond acceptors (Lipinski definition) is 3. The van der Waals surface area contributed by atoms with Crippen molar-refractivity contribution in [1.29, 1.82) is 0 Å². The zero-order valence-electron chi connectivity index (χ0n) is 15.0. The summed E-state index contributed by atoms with van der Waals surface area (Å²) in [7, 11) is 0. The number of carbonyl (C=O) groups excluding carboxylic acids is 2. The number of carboxylic acid groups (broad SMARTS) is 1. The summed E-state index contributed by atoms with van der Waals surface area (Å²) in [6.07, 6.45) is 2.90. The Morgan fingerprint density at radius 2 is 1.80 bits per heavy atom. The predicted octanol–water partition coefficient (Wildman–Crippen LogP) is 2.90. The fraction of sp³-hybridized carbons (Fsp3) is 0.526. The molecule has 1 aromatic rings. The highest BCUT2D eigenvalue weighted by Crippen LogP contribution is 2.41. The molecule has 2 unspecified atom stereocenters. The Kier molecular flexibility index (Phi) is 5.82. The number of benzene rings is 1. The van der Waals surface area contributed by atoms with Gasteiger partial charge in [0.1, 0.15) is 6.54 Å². The average Bonchev–Trinajstić information content (AvgIpc) is 2.51. The molecule has 2 rings (SSSR count). The van der Waals surface area contributed by atoms with Crippen molar-refractivity contribution >= 4 is 23.5 Å². The second-order valence-electron chi connectivity index (χ2n) is 7.75. The monoisotopic (exact) mass is 346 g/mol. The van der Waals surface area contributed by atoms with Crippen LogP contribution in [0.3, 0.4) is 0 Å². The quantitative estimate of drug-likeness (QED) is 0.764. The molecule has 1 saturated carbocycles. The summed E-state index contributed by atoms with van der Waals surface area (Å²) in [6, 6.07) is 6.45. The van der Waals surface area contributed by atoms with Crippen LogP contribution in [0.4, 0.5) is 5.69 Å². The van der Waals surface area contributed by atoms with Crippen molar-refractivity contribution in [3.63, 3.8) is 0 Å².